The van der Waals surface area contributed by atoms with E-state index in [1.807, 2.05) is 6.08 Å². The topological polar surface area (TPSA) is 12.0 Å². The summed E-state index contributed by atoms with van der Waals surface area (Å²) in [7, 11) is 0. The van der Waals surface area contributed by atoms with Crippen molar-refractivity contribution in [2.24, 2.45) is 0 Å². The molecule has 0 amide bonds. The van der Waals surface area contributed by atoms with Gasteiger partial charge in [-0.05, 0) is 44.7 Å². The monoisotopic (exact) mass is 217 g/mol. The lowest BCUT2D eigenvalue weighted by atomic mass is 10.0. The van der Waals surface area contributed by atoms with Crippen molar-refractivity contribution in [1.29, 1.82) is 0 Å². The smallest absolute Gasteiger partial charge is 0.00818 e. The maximum Gasteiger partial charge on any atom is 0.00818 e. The van der Waals surface area contributed by atoms with Crippen LogP contribution in [0.5, 0.6) is 0 Å². The highest BCUT2D eigenvalue weighted by Gasteiger charge is 2.07. The second kappa shape index (κ2) is 6.49. The Bertz CT molecular complexity index is 330. The van der Waals surface area contributed by atoms with Crippen LogP contribution in [-0.2, 0) is 6.42 Å². The summed E-state index contributed by atoms with van der Waals surface area (Å²) in [6, 6.07) is 9.62. The van der Waals surface area contributed by atoms with Gasteiger partial charge in [-0.3, -0.25) is 0 Å². The molecule has 0 radical (unpaired) electrons. The first-order chi connectivity index (χ1) is 7.63. The molecular formula is C15H23N. The lowest BCUT2D eigenvalue weighted by molar-refractivity contribution is 0.466. The fourth-order valence-corrected chi connectivity index (χ4v) is 2.03. The van der Waals surface area contributed by atoms with Crippen LogP contribution in [0.1, 0.15) is 31.4 Å². The highest BCUT2D eigenvalue weighted by molar-refractivity contribution is 5.26. The number of rotatable bonds is 6. The van der Waals surface area contributed by atoms with Crippen LogP contribution in [0.2, 0.25) is 0 Å². The van der Waals surface area contributed by atoms with E-state index in [9.17, 15) is 0 Å². The summed E-state index contributed by atoms with van der Waals surface area (Å²) in [5.41, 5.74) is 2.82. The van der Waals surface area contributed by atoms with E-state index in [-0.39, 0.29) is 0 Å². The van der Waals surface area contributed by atoms with Crippen molar-refractivity contribution in [2.75, 3.05) is 0 Å². The number of benzene rings is 1. The lowest BCUT2D eigenvalue weighted by Crippen LogP contribution is -2.35. The fraction of sp³-hybridized carbons (Fsp3) is 0.467. The Morgan fingerprint density at radius 3 is 2.56 bits per heavy atom. The molecule has 0 bridgehead atoms. The van der Waals surface area contributed by atoms with Crippen molar-refractivity contribution in [3.8, 4) is 0 Å². The standard InChI is InChI=1S/C15H23N/c1-5-8-13(3)16-14(4)11-15-10-7-6-9-12(15)2/h5-7,9-10,13-14,16H,1,8,11H2,2-4H3. The predicted molar refractivity (Wildman–Crippen MR) is 71.8 cm³/mol. The minimum Gasteiger partial charge on any atom is -0.311 e. The summed E-state index contributed by atoms with van der Waals surface area (Å²) in [6.07, 6.45) is 4.09. The summed E-state index contributed by atoms with van der Waals surface area (Å²) in [6.45, 7) is 10.4. The number of hydrogen-bond donors (Lipinski definition) is 1. The number of aryl methyl sites for hydroxylation is 1. The molecular weight excluding hydrogens is 194 g/mol. The van der Waals surface area contributed by atoms with Crippen LogP contribution in [0.4, 0.5) is 0 Å². The van der Waals surface area contributed by atoms with Gasteiger partial charge in [0, 0.05) is 12.1 Å². The van der Waals surface area contributed by atoms with E-state index < -0.39 is 0 Å². The summed E-state index contributed by atoms with van der Waals surface area (Å²) < 4.78 is 0. The van der Waals surface area contributed by atoms with E-state index in [0.717, 1.165) is 12.8 Å². The van der Waals surface area contributed by atoms with E-state index in [0.29, 0.717) is 12.1 Å². The summed E-state index contributed by atoms with van der Waals surface area (Å²) in [5.74, 6) is 0. The molecule has 2 unspecified atom stereocenters. The van der Waals surface area contributed by atoms with Crippen molar-refractivity contribution >= 4 is 0 Å². The SMILES string of the molecule is C=CCC(C)NC(C)Cc1ccccc1C. The highest BCUT2D eigenvalue weighted by Crippen LogP contribution is 2.10. The minimum atomic E-state index is 0.510. The summed E-state index contributed by atoms with van der Waals surface area (Å²) in [4.78, 5) is 0. The quantitative estimate of drug-likeness (QED) is 0.719. The normalized spacial score (nSPS) is 14.4. The molecule has 1 aromatic rings. The van der Waals surface area contributed by atoms with Crippen LogP contribution < -0.4 is 5.32 Å². The van der Waals surface area contributed by atoms with Gasteiger partial charge in [0.15, 0.2) is 0 Å². The Hall–Kier alpha value is -1.08. The molecule has 0 aliphatic carbocycles. The molecule has 0 aliphatic rings. The Balaban J connectivity index is 2.48. The predicted octanol–water partition coefficient (Wildman–Crippen LogP) is 3.48. The molecule has 0 spiro atoms. The Labute approximate surface area is 99.6 Å². The van der Waals surface area contributed by atoms with Gasteiger partial charge < -0.3 is 5.32 Å². The average Bonchev–Trinajstić information content (AvgIpc) is 2.21. The van der Waals surface area contributed by atoms with Crippen LogP contribution in [0.15, 0.2) is 36.9 Å². The zero-order valence-electron chi connectivity index (χ0n) is 10.7. The van der Waals surface area contributed by atoms with Crippen LogP contribution in [-0.4, -0.2) is 12.1 Å². The molecule has 1 rings (SSSR count). The van der Waals surface area contributed by atoms with E-state index in [1.54, 1.807) is 0 Å². The van der Waals surface area contributed by atoms with Gasteiger partial charge in [0.05, 0.1) is 0 Å². The van der Waals surface area contributed by atoms with Crippen molar-refractivity contribution in [1.82, 2.24) is 5.32 Å². The third-order valence-corrected chi connectivity index (χ3v) is 2.88. The molecule has 16 heavy (non-hydrogen) atoms. The van der Waals surface area contributed by atoms with Crippen molar-refractivity contribution < 1.29 is 0 Å². The maximum atomic E-state index is 3.77. The van der Waals surface area contributed by atoms with Crippen LogP contribution >= 0.6 is 0 Å². The van der Waals surface area contributed by atoms with Gasteiger partial charge in [0.1, 0.15) is 0 Å². The molecule has 0 fully saturated rings. The molecule has 0 aliphatic heterocycles. The first-order valence-corrected chi connectivity index (χ1v) is 6.05. The highest BCUT2D eigenvalue weighted by atomic mass is 14.9. The molecule has 0 saturated heterocycles. The Morgan fingerprint density at radius 2 is 1.94 bits per heavy atom. The van der Waals surface area contributed by atoms with Gasteiger partial charge in [0.25, 0.3) is 0 Å². The Morgan fingerprint density at radius 1 is 1.25 bits per heavy atom. The van der Waals surface area contributed by atoms with Gasteiger partial charge in [-0.2, -0.15) is 0 Å². The fourth-order valence-electron chi connectivity index (χ4n) is 2.03. The van der Waals surface area contributed by atoms with Crippen molar-refractivity contribution in [2.45, 2.75) is 45.7 Å². The third kappa shape index (κ3) is 4.19. The first-order valence-electron chi connectivity index (χ1n) is 6.05. The number of hydrogen-bond acceptors (Lipinski definition) is 1. The summed E-state index contributed by atoms with van der Waals surface area (Å²) in [5, 5.41) is 3.59. The summed E-state index contributed by atoms with van der Waals surface area (Å²) >= 11 is 0. The zero-order chi connectivity index (χ0) is 12.0. The van der Waals surface area contributed by atoms with Crippen LogP contribution in [0.3, 0.4) is 0 Å². The molecule has 1 aromatic carbocycles. The largest absolute Gasteiger partial charge is 0.311 e. The van der Waals surface area contributed by atoms with Gasteiger partial charge >= 0.3 is 0 Å². The van der Waals surface area contributed by atoms with Crippen LogP contribution in [0.25, 0.3) is 0 Å². The average molecular weight is 217 g/mol. The molecule has 1 N–H and O–H groups in total. The minimum absolute atomic E-state index is 0.510. The van der Waals surface area contributed by atoms with Gasteiger partial charge in [-0.25, -0.2) is 0 Å². The van der Waals surface area contributed by atoms with Crippen molar-refractivity contribution in [3.63, 3.8) is 0 Å². The van der Waals surface area contributed by atoms with Crippen LogP contribution in [0, 0.1) is 6.92 Å². The van der Waals surface area contributed by atoms with E-state index in [2.05, 4.69) is 56.9 Å². The number of nitrogens with one attached hydrogen (secondary N) is 1. The van der Waals surface area contributed by atoms with Crippen molar-refractivity contribution in [3.05, 3.63) is 48.0 Å². The second-order valence-corrected chi connectivity index (χ2v) is 4.62. The third-order valence-electron chi connectivity index (χ3n) is 2.88. The second-order valence-electron chi connectivity index (χ2n) is 4.62. The van der Waals surface area contributed by atoms with Gasteiger partial charge in [-0.15, -0.1) is 6.58 Å². The maximum absolute atomic E-state index is 3.77. The molecule has 1 heteroatoms. The van der Waals surface area contributed by atoms with Gasteiger partial charge in [-0.1, -0.05) is 30.3 Å². The molecule has 2 atom stereocenters. The lowest BCUT2D eigenvalue weighted by Gasteiger charge is -2.19. The first kappa shape index (κ1) is 13.0. The molecule has 0 saturated carbocycles. The van der Waals surface area contributed by atoms with E-state index >= 15 is 0 Å². The van der Waals surface area contributed by atoms with E-state index in [4.69, 9.17) is 0 Å². The zero-order valence-corrected chi connectivity index (χ0v) is 10.7. The molecule has 1 nitrogen and oxygen atoms in total. The van der Waals surface area contributed by atoms with Gasteiger partial charge in [0.2, 0.25) is 0 Å². The molecule has 0 aromatic heterocycles. The Kier molecular flexibility index (Phi) is 5.27. The molecule has 88 valence electrons. The molecule has 0 heterocycles. The van der Waals surface area contributed by atoms with E-state index in [1.165, 1.54) is 11.1 Å².